The molecule has 0 fully saturated rings. The zero-order valence-corrected chi connectivity index (χ0v) is 12.6. The van der Waals surface area contributed by atoms with Crippen LogP contribution >= 0.6 is 0 Å². The number of halogens is 3. The maximum atomic E-state index is 12.6. The minimum atomic E-state index is -4.43. The number of hydrogen-bond acceptors (Lipinski definition) is 5. The highest BCUT2D eigenvalue weighted by molar-refractivity contribution is 5.67. The topological polar surface area (TPSA) is 93.5 Å². The molecular weight excluding hydrogens is 343 g/mol. The number of rotatable bonds is 3. The lowest BCUT2D eigenvalue weighted by Crippen LogP contribution is -2.33. The van der Waals surface area contributed by atoms with Gasteiger partial charge in [0.15, 0.2) is 5.69 Å². The first-order chi connectivity index (χ1) is 11.8. The van der Waals surface area contributed by atoms with Gasteiger partial charge in [-0.1, -0.05) is 12.1 Å². The van der Waals surface area contributed by atoms with Gasteiger partial charge in [-0.05, 0) is 17.7 Å². The number of carboxylic acid groups (broad SMARTS) is 1. The fraction of sp³-hybridized carbons (Fsp3) is 0.267. The lowest BCUT2D eigenvalue weighted by molar-refractivity contribution is -0.138. The minimum Gasteiger partial charge on any atom is -0.480 e. The smallest absolute Gasteiger partial charge is 0.416 e. The van der Waals surface area contributed by atoms with Gasteiger partial charge in [-0.15, -0.1) is 0 Å². The van der Waals surface area contributed by atoms with Crippen molar-refractivity contribution >= 4 is 11.7 Å². The summed E-state index contributed by atoms with van der Waals surface area (Å²) in [5, 5.41) is 11.6. The molecule has 0 amide bonds. The zero-order valence-electron chi connectivity index (χ0n) is 12.6. The normalized spacial score (nSPS) is 16.5. The van der Waals surface area contributed by atoms with E-state index < -0.39 is 35.9 Å². The Kier molecular flexibility index (Phi) is 4.11. The Labute approximate surface area is 138 Å². The van der Waals surface area contributed by atoms with E-state index in [1.54, 1.807) is 0 Å². The van der Waals surface area contributed by atoms with Crippen molar-refractivity contribution in [1.29, 1.82) is 0 Å². The molecule has 3 rings (SSSR count). The second-order valence-electron chi connectivity index (χ2n) is 5.38. The van der Waals surface area contributed by atoms with Gasteiger partial charge >= 0.3 is 12.1 Å². The Hall–Kier alpha value is -3.04. The maximum absolute atomic E-state index is 12.6. The molecule has 2 aromatic rings. The molecule has 0 radical (unpaired) electrons. The van der Waals surface area contributed by atoms with Gasteiger partial charge in [0.25, 0.3) is 5.56 Å². The number of aromatic nitrogens is 2. The van der Waals surface area contributed by atoms with Gasteiger partial charge in [0.05, 0.1) is 11.6 Å². The van der Waals surface area contributed by atoms with Crippen LogP contribution in [0.3, 0.4) is 0 Å². The maximum Gasteiger partial charge on any atom is 0.416 e. The average Bonchev–Trinajstić information content (AvgIpc) is 2.56. The van der Waals surface area contributed by atoms with E-state index in [1.807, 2.05) is 0 Å². The Morgan fingerprint density at radius 3 is 2.64 bits per heavy atom. The predicted molar refractivity (Wildman–Crippen MR) is 79.4 cm³/mol. The molecule has 25 heavy (non-hydrogen) atoms. The van der Waals surface area contributed by atoms with Crippen LogP contribution in [-0.2, 0) is 17.5 Å². The standard InChI is InChI=1S/C15H12F3N3O4/c16-15(17,18)9-3-1-8(2-4-9)10-6-25-13-12(20-10)14(24)21(7-19-13)5-11(22)23/h1-4,7,10,20H,5-6H2,(H,22,23)/t10-/m0/s1. The van der Waals surface area contributed by atoms with E-state index in [2.05, 4.69) is 10.3 Å². The van der Waals surface area contributed by atoms with Crippen LogP contribution in [0.15, 0.2) is 35.4 Å². The third-order valence-corrected chi connectivity index (χ3v) is 3.65. The fourth-order valence-corrected chi connectivity index (χ4v) is 2.43. The molecule has 0 aliphatic carbocycles. The first-order valence-corrected chi connectivity index (χ1v) is 7.13. The number of hydrogen-bond donors (Lipinski definition) is 2. The van der Waals surface area contributed by atoms with E-state index in [1.165, 1.54) is 12.1 Å². The Bertz CT molecular complexity index is 862. The molecular formula is C15H12F3N3O4. The van der Waals surface area contributed by atoms with E-state index in [0.29, 0.717) is 5.56 Å². The molecule has 1 aromatic carbocycles. The molecule has 2 heterocycles. The largest absolute Gasteiger partial charge is 0.480 e. The van der Waals surface area contributed by atoms with Gasteiger partial charge < -0.3 is 15.2 Å². The van der Waals surface area contributed by atoms with Crippen molar-refractivity contribution in [1.82, 2.24) is 9.55 Å². The molecule has 1 aromatic heterocycles. The number of carboxylic acids is 1. The summed E-state index contributed by atoms with van der Waals surface area (Å²) in [6.45, 7) is -0.501. The second-order valence-corrected chi connectivity index (χ2v) is 5.38. The van der Waals surface area contributed by atoms with Crippen LogP contribution in [0.2, 0.25) is 0 Å². The van der Waals surface area contributed by atoms with Crippen LogP contribution in [-0.4, -0.2) is 27.2 Å². The Balaban J connectivity index is 1.87. The number of aliphatic carboxylic acids is 1. The Morgan fingerprint density at radius 1 is 1.36 bits per heavy atom. The monoisotopic (exact) mass is 355 g/mol. The first-order valence-electron chi connectivity index (χ1n) is 7.13. The number of carbonyl (C=O) groups is 1. The molecule has 1 aliphatic heterocycles. The molecule has 132 valence electrons. The summed E-state index contributed by atoms with van der Waals surface area (Å²) in [6, 6.07) is 3.91. The van der Waals surface area contributed by atoms with Crippen LogP contribution in [0, 0.1) is 0 Å². The minimum absolute atomic E-state index is 0.0230. The number of ether oxygens (including phenoxy) is 1. The highest BCUT2D eigenvalue weighted by atomic mass is 19.4. The average molecular weight is 355 g/mol. The number of nitrogens with one attached hydrogen (secondary N) is 1. The Morgan fingerprint density at radius 2 is 2.04 bits per heavy atom. The third-order valence-electron chi connectivity index (χ3n) is 3.65. The molecule has 0 saturated heterocycles. The highest BCUT2D eigenvalue weighted by Gasteiger charge is 2.31. The third kappa shape index (κ3) is 3.42. The lowest BCUT2D eigenvalue weighted by atomic mass is 10.0. The number of benzene rings is 1. The summed E-state index contributed by atoms with van der Waals surface area (Å²) in [5.41, 5.74) is -0.950. The van der Waals surface area contributed by atoms with Gasteiger partial charge in [-0.2, -0.15) is 13.2 Å². The molecule has 0 saturated carbocycles. The molecule has 2 N–H and O–H groups in total. The summed E-state index contributed by atoms with van der Waals surface area (Å²) in [6.07, 6.45) is -3.37. The van der Waals surface area contributed by atoms with Crippen molar-refractivity contribution in [3.63, 3.8) is 0 Å². The first kappa shape index (κ1) is 16.8. The van der Waals surface area contributed by atoms with Gasteiger partial charge in [0, 0.05) is 0 Å². The van der Waals surface area contributed by atoms with Gasteiger partial charge in [-0.3, -0.25) is 14.2 Å². The van der Waals surface area contributed by atoms with Gasteiger partial charge in [-0.25, -0.2) is 4.98 Å². The van der Waals surface area contributed by atoms with Crippen molar-refractivity contribution in [2.75, 3.05) is 11.9 Å². The van der Waals surface area contributed by atoms with Crippen molar-refractivity contribution in [3.8, 4) is 5.88 Å². The van der Waals surface area contributed by atoms with Crippen LogP contribution in [0.4, 0.5) is 18.9 Å². The number of fused-ring (bicyclic) bond motifs is 1. The molecule has 1 atom stereocenters. The van der Waals surface area contributed by atoms with E-state index >= 15 is 0 Å². The predicted octanol–water partition coefficient (Wildman–Crippen LogP) is 1.89. The number of alkyl halides is 3. The van der Waals surface area contributed by atoms with Crippen molar-refractivity contribution in [2.24, 2.45) is 0 Å². The van der Waals surface area contributed by atoms with Crippen molar-refractivity contribution in [3.05, 3.63) is 52.1 Å². The SMILES string of the molecule is O=C(O)Cn1cnc2c(c1=O)N[C@H](c1ccc(C(F)(F)F)cc1)CO2. The molecule has 0 unspecified atom stereocenters. The van der Waals surface area contributed by atoms with Crippen LogP contribution in [0.1, 0.15) is 17.2 Å². The number of anilines is 1. The van der Waals surface area contributed by atoms with Gasteiger partial charge in [0.2, 0.25) is 5.88 Å². The summed E-state index contributed by atoms with van der Waals surface area (Å²) in [7, 11) is 0. The second kappa shape index (κ2) is 6.11. The quantitative estimate of drug-likeness (QED) is 0.873. The lowest BCUT2D eigenvalue weighted by Gasteiger charge is -2.26. The van der Waals surface area contributed by atoms with E-state index in [9.17, 15) is 22.8 Å². The van der Waals surface area contributed by atoms with Crippen LogP contribution in [0.25, 0.3) is 0 Å². The van der Waals surface area contributed by atoms with E-state index in [-0.39, 0.29) is 18.2 Å². The molecule has 7 nitrogen and oxygen atoms in total. The molecule has 1 aliphatic rings. The molecule has 0 bridgehead atoms. The van der Waals surface area contributed by atoms with Crippen LogP contribution in [0.5, 0.6) is 5.88 Å². The fourth-order valence-electron chi connectivity index (χ4n) is 2.43. The molecule has 10 heteroatoms. The number of nitrogens with zero attached hydrogens (tertiary/aromatic N) is 2. The molecule has 0 spiro atoms. The highest BCUT2D eigenvalue weighted by Crippen LogP contribution is 2.32. The summed E-state index contributed by atoms with van der Waals surface area (Å²) in [5.74, 6) is -1.19. The summed E-state index contributed by atoms with van der Waals surface area (Å²) >= 11 is 0. The van der Waals surface area contributed by atoms with Crippen molar-refractivity contribution in [2.45, 2.75) is 18.8 Å². The van der Waals surface area contributed by atoms with Crippen molar-refractivity contribution < 1.29 is 27.8 Å². The van der Waals surface area contributed by atoms with Gasteiger partial charge in [0.1, 0.15) is 19.5 Å². The van der Waals surface area contributed by atoms with E-state index in [0.717, 1.165) is 23.0 Å². The zero-order chi connectivity index (χ0) is 18.2. The van der Waals surface area contributed by atoms with Crippen LogP contribution < -0.4 is 15.6 Å². The van der Waals surface area contributed by atoms with E-state index in [4.69, 9.17) is 9.84 Å². The summed E-state index contributed by atoms with van der Waals surface area (Å²) in [4.78, 5) is 26.9. The summed E-state index contributed by atoms with van der Waals surface area (Å²) < 4.78 is 44.1.